The summed E-state index contributed by atoms with van der Waals surface area (Å²) in [5.74, 6) is 1.23. The molecule has 8 heteroatoms. The van der Waals surface area contributed by atoms with Gasteiger partial charge in [0.15, 0.2) is 0 Å². The topological polar surface area (TPSA) is 88.2 Å². The van der Waals surface area contributed by atoms with E-state index in [1.165, 1.54) is 11.8 Å². The number of hydrogen-bond donors (Lipinski definition) is 2. The van der Waals surface area contributed by atoms with Crippen LogP contribution >= 0.6 is 23.4 Å². The molecule has 6 nitrogen and oxygen atoms in total. The molecule has 0 radical (unpaired) electrons. The lowest BCUT2D eigenvalue weighted by molar-refractivity contribution is 0.144. The molecule has 0 amide bonds. The molecule has 1 spiro atoms. The lowest BCUT2D eigenvalue weighted by Crippen LogP contribution is -2.39. The van der Waals surface area contributed by atoms with Gasteiger partial charge >= 0.3 is 0 Å². The monoisotopic (exact) mass is 391 g/mol. The van der Waals surface area contributed by atoms with Gasteiger partial charge in [-0.25, -0.2) is 15.0 Å². The van der Waals surface area contributed by atoms with E-state index in [1.807, 2.05) is 12.3 Å². The number of aliphatic hydroxyl groups excluding tert-OH is 1. The SMILES string of the molecule is Nc1nccc(Sc2cnc(N3CCC4(CC[C@@H](O)C4)CC3)cn2)c1Cl. The predicted octanol–water partition coefficient (Wildman–Crippen LogP) is 3.39. The Hall–Kier alpha value is -1.57. The van der Waals surface area contributed by atoms with E-state index in [4.69, 9.17) is 17.3 Å². The van der Waals surface area contributed by atoms with Gasteiger partial charge in [-0.1, -0.05) is 23.4 Å². The molecule has 3 heterocycles. The van der Waals surface area contributed by atoms with Gasteiger partial charge in [-0.2, -0.15) is 0 Å². The van der Waals surface area contributed by atoms with E-state index in [2.05, 4.69) is 19.9 Å². The van der Waals surface area contributed by atoms with Crippen LogP contribution in [0.25, 0.3) is 0 Å². The Bertz CT molecular complexity index is 780. The molecule has 1 saturated heterocycles. The van der Waals surface area contributed by atoms with Gasteiger partial charge in [0.25, 0.3) is 0 Å². The van der Waals surface area contributed by atoms with Crippen molar-refractivity contribution in [2.75, 3.05) is 23.7 Å². The Labute approximate surface area is 162 Å². The summed E-state index contributed by atoms with van der Waals surface area (Å²) in [6, 6.07) is 1.82. The lowest BCUT2D eigenvalue weighted by atomic mass is 9.77. The number of aliphatic hydroxyl groups is 1. The van der Waals surface area contributed by atoms with Crippen molar-refractivity contribution in [3.8, 4) is 0 Å². The van der Waals surface area contributed by atoms with Crippen LogP contribution in [0.5, 0.6) is 0 Å². The van der Waals surface area contributed by atoms with Crippen molar-refractivity contribution in [3.05, 3.63) is 29.7 Å². The second-order valence-electron chi connectivity index (χ2n) is 7.21. The maximum absolute atomic E-state index is 9.86. The number of halogens is 1. The molecule has 138 valence electrons. The minimum atomic E-state index is -0.105. The largest absolute Gasteiger partial charge is 0.393 e. The average molecular weight is 392 g/mol. The number of nitrogens with zero attached hydrogens (tertiary/aromatic N) is 4. The van der Waals surface area contributed by atoms with Crippen molar-refractivity contribution in [1.82, 2.24) is 15.0 Å². The molecule has 1 aliphatic carbocycles. The van der Waals surface area contributed by atoms with E-state index >= 15 is 0 Å². The van der Waals surface area contributed by atoms with Crippen molar-refractivity contribution in [2.45, 2.75) is 48.1 Å². The van der Waals surface area contributed by atoms with Crippen LogP contribution in [0.1, 0.15) is 32.1 Å². The van der Waals surface area contributed by atoms with E-state index in [0.717, 1.165) is 60.9 Å². The fraction of sp³-hybridized carbons (Fsp3) is 0.500. The van der Waals surface area contributed by atoms with E-state index in [9.17, 15) is 5.11 Å². The Kier molecular flexibility index (Phi) is 4.94. The molecule has 3 N–H and O–H groups in total. The molecule has 0 unspecified atom stereocenters. The summed E-state index contributed by atoms with van der Waals surface area (Å²) in [4.78, 5) is 16.2. The first-order chi connectivity index (χ1) is 12.5. The highest BCUT2D eigenvalue weighted by Gasteiger charge is 2.40. The number of pyridine rings is 1. The Morgan fingerprint density at radius 3 is 2.65 bits per heavy atom. The molecule has 2 fully saturated rings. The van der Waals surface area contributed by atoms with Crippen LogP contribution in [0.3, 0.4) is 0 Å². The van der Waals surface area contributed by atoms with E-state index in [0.29, 0.717) is 16.3 Å². The van der Waals surface area contributed by atoms with Crippen LogP contribution in [0.15, 0.2) is 34.6 Å². The number of hydrogen-bond acceptors (Lipinski definition) is 7. The van der Waals surface area contributed by atoms with Gasteiger partial charge in [0.1, 0.15) is 16.7 Å². The molecule has 2 aromatic heterocycles. The first-order valence-electron chi connectivity index (χ1n) is 8.88. The van der Waals surface area contributed by atoms with E-state index < -0.39 is 0 Å². The quantitative estimate of drug-likeness (QED) is 0.828. The summed E-state index contributed by atoms with van der Waals surface area (Å²) in [5.41, 5.74) is 6.08. The van der Waals surface area contributed by atoms with Crippen molar-refractivity contribution in [1.29, 1.82) is 0 Å². The molecule has 1 atom stereocenters. The van der Waals surface area contributed by atoms with Crippen molar-refractivity contribution in [2.24, 2.45) is 5.41 Å². The number of nitrogen functional groups attached to an aromatic ring is 1. The zero-order chi connectivity index (χ0) is 18.1. The second kappa shape index (κ2) is 7.21. The van der Waals surface area contributed by atoms with Gasteiger partial charge in [0.2, 0.25) is 0 Å². The molecule has 26 heavy (non-hydrogen) atoms. The normalized spacial score (nSPS) is 22.1. The third-order valence-electron chi connectivity index (χ3n) is 5.53. The molecule has 2 aromatic rings. The summed E-state index contributed by atoms with van der Waals surface area (Å²) >= 11 is 7.61. The number of nitrogens with two attached hydrogens (primary N) is 1. The van der Waals surface area contributed by atoms with Gasteiger partial charge in [-0.3, -0.25) is 0 Å². The summed E-state index contributed by atoms with van der Waals surface area (Å²) in [7, 11) is 0. The lowest BCUT2D eigenvalue weighted by Gasteiger charge is -2.39. The maximum atomic E-state index is 9.86. The zero-order valence-corrected chi connectivity index (χ0v) is 16.0. The number of aromatic nitrogens is 3. The van der Waals surface area contributed by atoms with Crippen molar-refractivity contribution < 1.29 is 5.11 Å². The summed E-state index contributed by atoms with van der Waals surface area (Å²) in [6.07, 6.45) is 10.4. The molecule has 0 bridgehead atoms. The molecule has 1 aliphatic heterocycles. The smallest absolute Gasteiger partial charge is 0.147 e. The van der Waals surface area contributed by atoms with Crippen LogP contribution in [-0.4, -0.2) is 39.3 Å². The maximum Gasteiger partial charge on any atom is 0.147 e. The molecular formula is C18H22ClN5OS. The minimum absolute atomic E-state index is 0.105. The number of rotatable bonds is 3. The zero-order valence-electron chi connectivity index (χ0n) is 14.4. The van der Waals surface area contributed by atoms with Crippen LogP contribution in [0, 0.1) is 5.41 Å². The van der Waals surface area contributed by atoms with Crippen LogP contribution in [0.4, 0.5) is 11.6 Å². The van der Waals surface area contributed by atoms with Gasteiger partial charge in [-0.15, -0.1) is 0 Å². The van der Waals surface area contributed by atoms with Crippen molar-refractivity contribution in [3.63, 3.8) is 0 Å². The predicted molar refractivity (Wildman–Crippen MR) is 104 cm³/mol. The van der Waals surface area contributed by atoms with Crippen LogP contribution < -0.4 is 10.6 Å². The Morgan fingerprint density at radius 2 is 2.00 bits per heavy atom. The highest BCUT2D eigenvalue weighted by atomic mass is 35.5. The Morgan fingerprint density at radius 1 is 1.19 bits per heavy atom. The van der Waals surface area contributed by atoms with Gasteiger partial charge in [-0.05, 0) is 43.6 Å². The molecule has 1 saturated carbocycles. The summed E-state index contributed by atoms with van der Waals surface area (Å²) < 4.78 is 0. The fourth-order valence-electron chi connectivity index (χ4n) is 4.00. The van der Waals surface area contributed by atoms with Crippen molar-refractivity contribution >= 4 is 35.0 Å². The van der Waals surface area contributed by atoms with E-state index in [-0.39, 0.29) is 6.10 Å². The molecular weight excluding hydrogens is 370 g/mol. The first kappa shape index (κ1) is 17.8. The van der Waals surface area contributed by atoms with Gasteiger partial charge < -0.3 is 15.7 Å². The number of anilines is 2. The molecule has 2 aliphatic rings. The van der Waals surface area contributed by atoms with Gasteiger partial charge in [0.05, 0.1) is 23.5 Å². The average Bonchev–Trinajstić information content (AvgIpc) is 3.01. The third kappa shape index (κ3) is 3.61. The minimum Gasteiger partial charge on any atom is -0.393 e. The molecule has 0 aromatic carbocycles. The number of piperidine rings is 1. The summed E-state index contributed by atoms with van der Waals surface area (Å²) in [5, 5.41) is 11.1. The van der Waals surface area contributed by atoms with E-state index in [1.54, 1.807) is 12.4 Å². The second-order valence-corrected chi connectivity index (χ2v) is 8.65. The fourth-order valence-corrected chi connectivity index (χ4v) is 4.99. The third-order valence-corrected chi connectivity index (χ3v) is 7.02. The van der Waals surface area contributed by atoms with Crippen LogP contribution in [0.2, 0.25) is 5.02 Å². The standard InChI is InChI=1S/C18H22ClN5OS/c19-16-13(2-6-21-17(16)20)26-15-11-22-14(10-23-15)24-7-4-18(5-8-24)3-1-12(25)9-18/h2,6,10-12,25H,1,3-5,7-9H2,(H2,20,21)/t12-/m1/s1. The molecule has 4 rings (SSSR count). The highest BCUT2D eigenvalue weighted by molar-refractivity contribution is 7.99. The van der Waals surface area contributed by atoms with Crippen LogP contribution in [-0.2, 0) is 0 Å². The first-order valence-corrected chi connectivity index (χ1v) is 10.1. The summed E-state index contributed by atoms with van der Waals surface area (Å²) in [6.45, 7) is 1.95. The Balaban J connectivity index is 1.40. The van der Waals surface area contributed by atoms with Gasteiger partial charge in [0, 0.05) is 24.2 Å². The highest BCUT2D eigenvalue weighted by Crippen LogP contribution is 2.46.